The number of amides is 1. The van der Waals surface area contributed by atoms with Crippen molar-refractivity contribution in [1.82, 2.24) is 4.72 Å². The number of rotatable bonds is 10. The monoisotopic (exact) mass is 370 g/mol. The van der Waals surface area contributed by atoms with E-state index in [0.29, 0.717) is 24.7 Å². The number of nitrogens with one attached hydrogen (secondary N) is 1. The molecule has 0 aliphatic heterocycles. The van der Waals surface area contributed by atoms with E-state index in [-0.39, 0.29) is 10.8 Å². The van der Waals surface area contributed by atoms with Crippen molar-refractivity contribution in [3.8, 4) is 5.75 Å². The van der Waals surface area contributed by atoms with Crippen LogP contribution in [-0.2, 0) is 14.8 Å². The summed E-state index contributed by atoms with van der Waals surface area (Å²) in [5, 5.41) is 0. The Balaban J connectivity index is 2.89. The van der Waals surface area contributed by atoms with Crippen LogP contribution in [0.25, 0.3) is 0 Å². The molecule has 3 N–H and O–H groups in total. The van der Waals surface area contributed by atoms with Crippen LogP contribution in [0.2, 0.25) is 0 Å². The SMILES string of the molecule is CC(C)CCOc1ccc(S(=O)(=O)NC(C)(CC(C)C)C(N)=O)cc1. The molecule has 0 fully saturated rings. The molecule has 1 unspecified atom stereocenters. The first-order valence-electron chi connectivity index (χ1n) is 8.53. The highest BCUT2D eigenvalue weighted by atomic mass is 32.2. The maximum absolute atomic E-state index is 12.6. The lowest BCUT2D eigenvalue weighted by atomic mass is 9.91. The molecule has 6 nitrogen and oxygen atoms in total. The Bertz CT molecular complexity index is 669. The second-order valence-corrected chi connectivity index (χ2v) is 9.08. The van der Waals surface area contributed by atoms with Gasteiger partial charge in [0.25, 0.3) is 0 Å². The minimum atomic E-state index is -3.87. The summed E-state index contributed by atoms with van der Waals surface area (Å²) in [5.74, 6) is 0.561. The van der Waals surface area contributed by atoms with E-state index in [4.69, 9.17) is 10.5 Å². The zero-order valence-electron chi connectivity index (χ0n) is 15.7. The maximum Gasteiger partial charge on any atom is 0.241 e. The largest absolute Gasteiger partial charge is 0.494 e. The van der Waals surface area contributed by atoms with Crippen LogP contribution in [0.1, 0.15) is 47.5 Å². The number of nitrogens with two attached hydrogens (primary N) is 1. The van der Waals surface area contributed by atoms with E-state index in [1.165, 1.54) is 19.1 Å². The summed E-state index contributed by atoms with van der Waals surface area (Å²) in [4.78, 5) is 11.8. The molecule has 0 spiro atoms. The first-order valence-corrected chi connectivity index (χ1v) is 10.0. The third-order valence-corrected chi connectivity index (χ3v) is 5.43. The van der Waals surface area contributed by atoms with Crippen LogP contribution in [0, 0.1) is 11.8 Å². The van der Waals surface area contributed by atoms with Gasteiger partial charge in [-0.25, -0.2) is 8.42 Å². The number of carbonyl (C=O) groups is 1. The molecule has 1 atom stereocenters. The highest BCUT2D eigenvalue weighted by Gasteiger charge is 2.36. The Hall–Kier alpha value is -1.60. The van der Waals surface area contributed by atoms with Crippen LogP contribution in [0.15, 0.2) is 29.2 Å². The number of carbonyl (C=O) groups excluding carboxylic acids is 1. The number of sulfonamides is 1. The molecule has 1 rings (SSSR count). The van der Waals surface area contributed by atoms with Crippen molar-refractivity contribution in [2.45, 2.75) is 57.9 Å². The Morgan fingerprint density at radius 1 is 1.16 bits per heavy atom. The Labute approximate surface area is 151 Å². The molecule has 1 amide bonds. The number of primary amides is 1. The average molecular weight is 371 g/mol. The van der Waals surface area contributed by atoms with Gasteiger partial charge >= 0.3 is 0 Å². The maximum atomic E-state index is 12.6. The van der Waals surface area contributed by atoms with E-state index in [0.717, 1.165) is 6.42 Å². The number of benzene rings is 1. The van der Waals surface area contributed by atoms with Gasteiger partial charge in [-0.3, -0.25) is 4.79 Å². The summed E-state index contributed by atoms with van der Waals surface area (Å²) in [6, 6.07) is 6.14. The van der Waals surface area contributed by atoms with Gasteiger partial charge in [-0.15, -0.1) is 0 Å². The smallest absolute Gasteiger partial charge is 0.241 e. The molecule has 1 aromatic carbocycles. The minimum absolute atomic E-state index is 0.0694. The van der Waals surface area contributed by atoms with Crippen molar-refractivity contribution in [3.05, 3.63) is 24.3 Å². The van der Waals surface area contributed by atoms with E-state index < -0.39 is 21.5 Å². The van der Waals surface area contributed by atoms with Crippen LogP contribution in [0.3, 0.4) is 0 Å². The van der Waals surface area contributed by atoms with Gasteiger partial charge in [-0.2, -0.15) is 4.72 Å². The van der Waals surface area contributed by atoms with Crippen LogP contribution in [0.5, 0.6) is 5.75 Å². The zero-order valence-corrected chi connectivity index (χ0v) is 16.5. The topological polar surface area (TPSA) is 98.5 Å². The van der Waals surface area contributed by atoms with Crippen LogP contribution >= 0.6 is 0 Å². The molecular weight excluding hydrogens is 340 g/mol. The molecule has 1 aromatic rings. The Kier molecular flexibility index (Phi) is 7.44. The van der Waals surface area contributed by atoms with E-state index in [2.05, 4.69) is 18.6 Å². The van der Waals surface area contributed by atoms with Crippen LogP contribution < -0.4 is 15.2 Å². The van der Waals surface area contributed by atoms with Crippen molar-refractivity contribution in [2.24, 2.45) is 17.6 Å². The molecule has 0 aliphatic rings. The fourth-order valence-corrected chi connectivity index (χ4v) is 3.88. The molecule has 25 heavy (non-hydrogen) atoms. The van der Waals surface area contributed by atoms with Gasteiger partial charge < -0.3 is 10.5 Å². The van der Waals surface area contributed by atoms with Crippen molar-refractivity contribution in [2.75, 3.05) is 6.61 Å². The predicted molar refractivity (Wildman–Crippen MR) is 98.8 cm³/mol. The average Bonchev–Trinajstić information content (AvgIpc) is 2.45. The summed E-state index contributed by atoms with van der Waals surface area (Å²) in [6.07, 6.45) is 1.24. The first-order chi connectivity index (χ1) is 11.5. The Morgan fingerprint density at radius 2 is 1.72 bits per heavy atom. The van der Waals surface area contributed by atoms with Crippen LogP contribution in [0.4, 0.5) is 0 Å². The van der Waals surface area contributed by atoms with Crippen molar-refractivity contribution in [1.29, 1.82) is 0 Å². The number of hydrogen-bond donors (Lipinski definition) is 2. The van der Waals surface area contributed by atoms with E-state index in [1.807, 2.05) is 13.8 Å². The van der Waals surface area contributed by atoms with E-state index >= 15 is 0 Å². The standard InChI is InChI=1S/C18H30N2O4S/c1-13(2)10-11-24-15-6-8-16(9-7-15)25(22,23)20-18(5,17(19)21)12-14(3)4/h6-9,13-14,20H,10-12H2,1-5H3,(H2,19,21). The first kappa shape index (κ1) is 21.4. The van der Waals surface area contributed by atoms with Crippen LogP contribution in [-0.4, -0.2) is 26.5 Å². The lowest BCUT2D eigenvalue weighted by Crippen LogP contribution is -2.55. The van der Waals surface area contributed by atoms with Gasteiger partial charge in [0.05, 0.1) is 11.5 Å². The summed E-state index contributed by atoms with van der Waals surface area (Å²) < 4.78 is 33.2. The highest BCUT2D eigenvalue weighted by molar-refractivity contribution is 7.89. The fourth-order valence-electron chi connectivity index (χ4n) is 2.49. The lowest BCUT2D eigenvalue weighted by molar-refractivity contribution is -0.123. The highest BCUT2D eigenvalue weighted by Crippen LogP contribution is 2.22. The fraction of sp³-hybridized carbons (Fsp3) is 0.611. The number of hydrogen-bond acceptors (Lipinski definition) is 4. The quantitative estimate of drug-likeness (QED) is 0.661. The second kappa shape index (κ2) is 8.67. The van der Waals surface area contributed by atoms with E-state index in [1.54, 1.807) is 12.1 Å². The molecule has 0 heterocycles. The Morgan fingerprint density at radius 3 is 2.16 bits per heavy atom. The van der Waals surface area contributed by atoms with Gasteiger partial charge in [0.1, 0.15) is 11.3 Å². The van der Waals surface area contributed by atoms with Gasteiger partial charge in [0.2, 0.25) is 15.9 Å². The minimum Gasteiger partial charge on any atom is -0.494 e. The summed E-state index contributed by atoms with van der Waals surface area (Å²) in [5.41, 5.74) is 4.09. The summed E-state index contributed by atoms with van der Waals surface area (Å²) >= 11 is 0. The predicted octanol–water partition coefficient (Wildman–Crippen LogP) is 2.68. The zero-order chi connectivity index (χ0) is 19.3. The van der Waals surface area contributed by atoms with Crippen molar-refractivity contribution < 1.29 is 17.9 Å². The molecule has 7 heteroatoms. The normalized spacial score (nSPS) is 14.5. The molecular formula is C18H30N2O4S. The van der Waals surface area contributed by atoms with Gasteiger partial charge in [0, 0.05) is 0 Å². The van der Waals surface area contributed by atoms with Gasteiger partial charge in [0.15, 0.2) is 0 Å². The third kappa shape index (κ3) is 6.66. The van der Waals surface area contributed by atoms with Gasteiger partial charge in [-0.05, 0) is 55.9 Å². The number of ether oxygens (including phenoxy) is 1. The molecule has 0 saturated carbocycles. The molecule has 0 aromatic heterocycles. The van der Waals surface area contributed by atoms with Crippen molar-refractivity contribution in [3.63, 3.8) is 0 Å². The molecule has 0 aliphatic carbocycles. The molecule has 0 bridgehead atoms. The summed E-state index contributed by atoms with van der Waals surface area (Å²) in [7, 11) is -3.87. The lowest BCUT2D eigenvalue weighted by Gasteiger charge is -2.28. The molecule has 142 valence electrons. The van der Waals surface area contributed by atoms with Crippen molar-refractivity contribution >= 4 is 15.9 Å². The molecule has 0 radical (unpaired) electrons. The summed E-state index contributed by atoms with van der Waals surface area (Å²) in [6.45, 7) is 10.1. The van der Waals surface area contributed by atoms with E-state index in [9.17, 15) is 13.2 Å². The van der Waals surface area contributed by atoms with Gasteiger partial charge in [-0.1, -0.05) is 27.7 Å². The second-order valence-electron chi connectivity index (χ2n) is 7.40. The molecule has 0 saturated heterocycles. The third-order valence-electron chi connectivity index (χ3n) is 3.82.